The van der Waals surface area contributed by atoms with Gasteiger partial charge in [-0.25, -0.2) is 0 Å². The van der Waals surface area contributed by atoms with E-state index in [1.54, 1.807) is 12.1 Å². The van der Waals surface area contributed by atoms with Gasteiger partial charge < -0.3 is 5.11 Å². The van der Waals surface area contributed by atoms with Gasteiger partial charge in [0.15, 0.2) is 0 Å². The van der Waals surface area contributed by atoms with E-state index in [0.29, 0.717) is 22.4 Å². The summed E-state index contributed by atoms with van der Waals surface area (Å²) in [7, 11) is 0. The van der Waals surface area contributed by atoms with Crippen molar-refractivity contribution in [2.75, 3.05) is 0 Å². The lowest BCUT2D eigenvalue weighted by molar-refractivity contribution is 0.0186. The summed E-state index contributed by atoms with van der Waals surface area (Å²) in [6, 6.07) is 7.76. The largest absolute Gasteiger partial charge is 0.387 e. The Bertz CT molecular complexity index is 544. The molecule has 1 unspecified atom stereocenters. The third kappa shape index (κ3) is 3.44. The van der Waals surface area contributed by atoms with Crippen molar-refractivity contribution in [3.63, 3.8) is 0 Å². The maximum atomic E-state index is 10.8. The Balaban J connectivity index is 2.26. The molecule has 114 valence electrons. The second kappa shape index (κ2) is 6.69. The Hall–Kier alpha value is -0.560. The van der Waals surface area contributed by atoms with E-state index in [-0.39, 0.29) is 0 Å². The molecule has 1 aliphatic rings. The first kappa shape index (κ1) is 16.8. The van der Waals surface area contributed by atoms with Crippen LogP contribution in [0.2, 0.25) is 5.02 Å². The summed E-state index contributed by atoms with van der Waals surface area (Å²) in [5.41, 5.74) is 0.0190. The van der Waals surface area contributed by atoms with Crippen LogP contribution in [-0.4, -0.2) is 5.11 Å². The summed E-state index contributed by atoms with van der Waals surface area (Å²) < 4.78 is 0.806. The Morgan fingerprint density at radius 1 is 1.38 bits per heavy atom. The molecule has 21 heavy (non-hydrogen) atoms. The second-order valence-electron chi connectivity index (χ2n) is 6.42. The first-order chi connectivity index (χ1) is 9.89. The molecule has 0 aliphatic heterocycles. The predicted octanol–water partition coefficient (Wildman–Crippen LogP) is 5.49. The van der Waals surface area contributed by atoms with E-state index in [1.165, 1.54) is 0 Å². The fraction of sp³-hybridized carbons (Fsp3) is 0.588. The highest BCUT2D eigenvalue weighted by Gasteiger charge is 2.43. The zero-order valence-corrected chi connectivity index (χ0v) is 14.8. The van der Waals surface area contributed by atoms with Crippen LogP contribution in [0.1, 0.15) is 51.2 Å². The molecule has 1 saturated carbocycles. The van der Waals surface area contributed by atoms with Gasteiger partial charge in [-0.05, 0) is 61.3 Å². The van der Waals surface area contributed by atoms with Crippen molar-refractivity contribution < 1.29 is 5.11 Å². The van der Waals surface area contributed by atoms with E-state index in [1.807, 2.05) is 6.07 Å². The molecule has 1 aromatic carbocycles. The molecule has 1 aromatic rings. The SMILES string of the molecule is CC(C)C1CCC(C#N)(C(O)c2cc(Cl)ccc2Br)CC1. The van der Waals surface area contributed by atoms with E-state index in [4.69, 9.17) is 11.6 Å². The summed E-state index contributed by atoms with van der Waals surface area (Å²) in [6.45, 7) is 4.46. The normalized spacial score (nSPS) is 27.4. The van der Waals surface area contributed by atoms with Crippen LogP contribution >= 0.6 is 27.5 Å². The molecule has 0 amide bonds. The van der Waals surface area contributed by atoms with E-state index >= 15 is 0 Å². The van der Waals surface area contributed by atoms with Crippen LogP contribution in [0, 0.1) is 28.6 Å². The third-order valence-corrected chi connectivity index (χ3v) is 5.82. The lowest BCUT2D eigenvalue weighted by Gasteiger charge is -2.39. The number of halogens is 2. The van der Waals surface area contributed by atoms with Gasteiger partial charge in [0.05, 0.1) is 17.6 Å². The number of hydrogen-bond donors (Lipinski definition) is 1. The summed E-state index contributed by atoms with van der Waals surface area (Å²) in [6.07, 6.45) is 2.68. The van der Waals surface area contributed by atoms with Gasteiger partial charge in [0.25, 0.3) is 0 Å². The molecule has 0 bridgehead atoms. The van der Waals surface area contributed by atoms with Crippen molar-refractivity contribution in [3.8, 4) is 6.07 Å². The predicted molar refractivity (Wildman–Crippen MR) is 89.0 cm³/mol. The van der Waals surface area contributed by atoms with Crippen LogP contribution in [-0.2, 0) is 0 Å². The second-order valence-corrected chi connectivity index (χ2v) is 7.71. The molecule has 0 radical (unpaired) electrons. The highest BCUT2D eigenvalue weighted by Crippen LogP contribution is 2.49. The van der Waals surface area contributed by atoms with Gasteiger partial charge in [0.2, 0.25) is 0 Å². The van der Waals surface area contributed by atoms with Crippen LogP contribution in [0.5, 0.6) is 0 Å². The van der Waals surface area contributed by atoms with Crippen molar-refractivity contribution in [2.45, 2.75) is 45.6 Å². The van der Waals surface area contributed by atoms with Gasteiger partial charge in [0.1, 0.15) is 0 Å². The van der Waals surface area contributed by atoms with Crippen molar-refractivity contribution >= 4 is 27.5 Å². The smallest absolute Gasteiger partial charge is 0.0987 e. The zero-order valence-electron chi connectivity index (χ0n) is 12.4. The number of aliphatic hydroxyl groups excluding tert-OH is 1. The molecule has 4 heteroatoms. The number of rotatable bonds is 3. The Morgan fingerprint density at radius 2 is 2.00 bits per heavy atom. The quantitative estimate of drug-likeness (QED) is 0.764. The maximum absolute atomic E-state index is 10.8. The van der Waals surface area contributed by atoms with Crippen LogP contribution in [0.15, 0.2) is 22.7 Å². The minimum Gasteiger partial charge on any atom is -0.387 e. The fourth-order valence-electron chi connectivity index (χ4n) is 3.29. The minimum atomic E-state index is -0.802. The van der Waals surface area contributed by atoms with Crippen LogP contribution in [0.4, 0.5) is 0 Å². The van der Waals surface area contributed by atoms with Gasteiger partial charge in [0, 0.05) is 9.50 Å². The summed E-state index contributed by atoms with van der Waals surface area (Å²) in [4.78, 5) is 0. The van der Waals surface area contributed by atoms with Gasteiger partial charge in [-0.15, -0.1) is 0 Å². The molecule has 2 nitrogen and oxygen atoms in total. The molecule has 1 aliphatic carbocycles. The van der Waals surface area contributed by atoms with E-state index in [0.717, 1.165) is 30.2 Å². The average molecular weight is 371 g/mol. The summed E-state index contributed by atoms with van der Waals surface area (Å²) >= 11 is 9.50. The lowest BCUT2D eigenvalue weighted by Crippen LogP contribution is -2.33. The molecule has 2 rings (SSSR count). The molecular weight excluding hydrogens is 350 g/mol. The highest BCUT2D eigenvalue weighted by atomic mass is 79.9. The molecule has 0 spiro atoms. The topological polar surface area (TPSA) is 44.0 Å². The summed E-state index contributed by atoms with van der Waals surface area (Å²) in [5, 5.41) is 21.1. The van der Waals surface area contributed by atoms with E-state index in [2.05, 4.69) is 35.8 Å². The van der Waals surface area contributed by atoms with Crippen molar-refractivity contribution in [1.82, 2.24) is 0 Å². The lowest BCUT2D eigenvalue weighted by atomic mass is 9.65. The third-order valence-electron chi connectivity index (χ3n) is 4.86. The summed E-state index contributed by atoms with van der Waals surface area (Å²) in [5.74, 6) is 1.29. The fourth-order valence-corrected chi connectivity index (χ4v) is 3.93. The molecule has 0 aromatic heterocycles. The standard InChI is InChI=1S/C17H21BrClNO/c1-11(2)12-5-7-17(10-20,8-6-12)16(21)14-9-13(19)3-4-15(14)18/h3-4,9,11-12,16,21H,5-8H2,1-2H3. The van der Waals surface area contributed by atoms with Gasteiger partial charge in [-0.3, -0.25) is 0 Å². The molecule has 0 heterocycles. The molecule has 1 atom stereocenters. The molecule has 1 fully saturated rings. The first-order valence-electron chi connectivity index (χ1n) is 7.44. The Labute approximate surface area is 140 Å². The van der Waals surface area contributed by atoms with Crippen molar-refractivity contribution in [1.29, 1.82) is 5.26 Å². The minimum absolute atomic E-state index is 0.580. The van der Waals surface area contributed by atoms with Gasteiger partial charge >= 0.3 is 0 Å². The maximum Gasteiger partial charge on any atom is 0.0987 e. The highest BCUT2D eigenvalue weighted by molar-refractivity contribution is 9.10. The number of nitriles is 1. The number of hydrogen-bond acceptors (Lipinski definition) is 2. The average Bonchev–Trinajstić information content (AvgIpc) is 2.49. The number of aliphatic hydroxyl groups is 1. The number of benzene rings is 1. The monoisotopic (exact) mass is 369 g/mol. The van der Waals surface area contributed by atoms with Crippen molar-refractivity contribution in [3.05, 3.63) is 33.3 Å². The first-order valence-corrected chi connectivity index (χ1v) is 8.61. The van der Waals surface area contributed by atoms with E-state index < -0.39 is 11.5 Å². The molecule has 0 saturated heterocycles. The molecular formula is C17H21BrClNO. The van der Waals surface area contributed by atoms with Crippen LogP contribution < -0.4 is 0 Å². The number of nitrogens with zero attached hydrogens (tertiary/aromatic N) is 1. The Kier molecular flexibility index (Phi) is 5.35. The van der Waals surface area contributed by atoms with Crippen molar-refractivity contribution in [2.24, 2.45) is 17.3 Å². The van der Waals surface area contributed by atoms with Gasteiger partial charge in [-0.1, -0.05) is 41.4 Å². The van der Waals surface area contributed by atoms with E-state index in [9.17, 15) is 10.4 Å². The molecule has 1 N–H and O–H groups in total. The zero-order chi connectivity index (χ0) is 15.6. The Morgan fingerprint density at radius 3 is 2.52 bits per heavy atom. The van der Waals surface area contributed by atoms with Crippen LogP contribution in [0.3, 0.4) is 0 Å². The van der Waals surface area contributed by atoms with Gasteiger partial charge in [-0.2, -0.15) is 5.26 Å². The van der Waals surface area contributed by atoms with Crippen LogP contribution in [0.25, 0.3) is 0 Å².